The molecule has 0 spiro atoms. The van der Waals surface area contributed by atoms with Gasteiger partial charge in [0.1, 0.15) is 12.4 Å². The van der Waals surface area contributed by atoms with Crippen LogP contribution in [-0.4, -0.2) is 64.9 Å². The Bertz CT molecular complexity index is 1930. The third-order valence-corrected chi connectivity index (χ3v) is 10.6. The molecule has 3 heterocycles. The number of benzene rings is 2. The minimum absolute atomic E-state index is 0.0755. The molecular formula is C37H45N7O4S. The molecule has 1 aliphatic heterocycles. The summed E-state index contributed by atoms with van der Waals surface area (Å²) in [5.74, 6) is 0.508. The summed E-state index contributed by atoms with van der Waals surface area (Å²) in [6.45, 7) is 10.6. The minimum atomic E-state index is -4.17. The Hall–Kier alpha value is -4.58. The van der Waals surface area contributed by atoms with Gasteiger partial charge in [-0.15, -0.1) is 0 Å². The lowest BCUT2D eigenvalue weighted by atomic mass is 9.87. The molecule has 1 N–H and O–H groups in total. The summed E-state index contributed by atoms with van der Waals surface area (Å²) in [6, 6.07) is 13.7. The highest BCUT2D eigenvalue weighted by Crippen LogP contribution is 2.32. The number of rotatable bonds is 6. The van der Waals surface area contributed by atoms with E-state index in [1.54, 1.807) is 35.5 Å². The molecule has 4 aromatic rings. The summed E-state index contributed by atoms with van der Waals surface area (Å²) in [4.78, 5) is 37.0. The first kappa shape index (κ1) is 34.3. The number of nitrogens with zero attached hydrogens (tertiary/aromatic N) is 6. The van der Waals surface area contributed by atoms with Crippen molar-refractivity contribution in [2.75, 3.05) is 23.3 Å². The number of anilines is 2. The standard InChI is InChI=1S/C37H45N7O4S/c1-24-11-9-12-25(2)34(24)31-18-33-41-36(40-31)42-49(46,47)30-16-10-13-26(17-30)35(45)44(29(23-48-33)19-37(3,4)5)22-27-20-38-21-32(39-27)43(6)28-14-7-8-15-28/h9-13,16-18,20-21,28-29H,7-8,14-15,19,22-23H2,1-6H3,(H,40,41,42). The minimum Gasteiger partial charge on any atom is -0.475 e. The van der Waals surface area contributed by atoms with Gasteiger partial charge in [-0.25, -0.2) is 23.1 Å². The van der Waals surface area contributed by atoms with Crippen LogP contribution in [0.3, 0.4) is 0 Å². The number of fused-ring (bicyclic) bond motifs is 4. The Morgan fingerprint density at radius 1 is 0.980 bits per heavy atom. The van der Waals surface area contributed by atoms with Gasteiger partial charge in [0, 0.05) is 30.3 Å². The van der Waals surface area contributed by atoms with Gasteiger partial charge in [-0.2, -0.15) is 4.98 Å². The van der Waals surface area contributed by atoms with Crippen LogP contribution in [0, 0.1) is 19.3 Å². The van der Waals surface area contributed by atoms with Crippen LogP contribution in [0.1, 0.15) is 80.1 Å². The van der Waals surface area contributed by atoms with Gasteiger partial charge >= 0.3 is 0 Å². The fraction of sp³-hybridized carbons (Fsp3) is 0.432. The summed E-state index contributed by atoms with van der Waals surface area (Å²) in [7, 11) is -2.12. The highest BCUT2D eigenvalue weighted by molar-refractivity contribution is 7.92. The SMILES string of the molecule is Cc1cccc(C)c1-c1cc2nc(n1)NS(=O)(=O)c1cccc(c1)C(=O)N(Cc1cncc(N(C)C3CCCC3)n1)C(CC(C)(C)C)CO2. The lowest BCUT2D eigenvalue weighted by molar-refractivity contribution is 0.0509. The van der Waals surface area contributed by atoms with Crippen LogP contribution in [0.25, 0.3) is 11.3 Å². The number of carbonyl (C=O) groups is 1. The zero-order chi connectivity index (χ0) is 34.9. The fourth-order valence-electron chi connectivity index (χ4n) is 6.84. The first-order valence-electron chi connectivity index (χ1n) is 16.8. The van der Waals surface area contributed by atoms with Gasteiger partial charge in [-0.1, -0.05) is 57.9 Å². The van der Waals surface area contributed by atoms with E-state index in [1.165, 1.54) is 25.0 Å². The lowest BCUT2D eigenvalue weighted by Crippen LogP contribution is -2.45. The molecule has 11 nitrogen and oxygen atoms in total. The van der Waals surface area contributed by atoms with Crippen LogP contribution in [0.15, 0.2) is 65.8 Å². The van der Waals surface area contributed by atoms with Crippen molar-refractivity contribution >= 4 is 27.7 Å². The van der Waals surface area contributed by atoms with Crippen LogP contribution in [0.5, 0.6) is 5.88 Å². The molecule has 1 fully saturated rings. The zero-order valence-electron chi connectivity index (χ0n) is 29.1. The molecule has 1 aliphatic carbocycles. The van der Waals surface area contributed by atoms with Gasteiger partial charge < -0.3 is 14.5 Å². The highest BCUT2D eigenvalue weighted by Gasteiger charge is 2.32. The summed E-state index contributed by atoms with van der Waals surface area (Å²) < 4.78 is 36.4. The molecule has 0 saturated heterocycles. The summed E-state index contributed by atoms with van der Waals surface area (Å²) in [5, 5.41) is 0. The number of nitrogens with one attached hydrogen (secondary N) is 1. The second kappa shape index (κ2) is 13.7. The van der Waals surface area contributed by atoms with Crippen LogP contribution in [0.4, 0.5) is 11.8 Å². The zero-order valence-corrected chi connectivity index (χ0v) is 29.9. The second-order valence-electron chi connectivity index (χ2n) is 14.4. The van der Waals surface area contributed by atoms with E-state index < -0.39 is 16.1 Å². The van der Waals surface area contributed by atoms with Crippen LogP contribution in [-0.2, 0) is 16.6 Å². The first-order chi connectivity index (χ1) is 23.3. The summed E-state index contributed by atoms with van der Waals surface area (Å²) in [6.07, 6.45) is 8.66. The Morgan fingerprint density at radius 2 is 1.69 bits per heavy atom. The molecule has 2 aromatic heterocycles. The molecule has 1 saturated carbocycles. The van der Waals surface area contributed by atoms with Crippen molar-refractivity contribution < 1.29 is 17.9 Å². The Morgan fingerprint density at radius 3 is 2.41 bits per heavy atom. The van der Waals surface area contributed by atoms with E-state index in [-0.39, 0.29) is 46.8 Å². The summed E-state index contributed by atoms with van der Waals surface area (Å²) >= 11 is 0. The fourth-order valence-corrected chi connectivity index (χ4v) is 7.83. The molecule has 49 heavy (non-hydrogen) atoms. The molecule has 0 radical (unpaired) electrons. The van der Waals surface area contributed by atoms with E-state index in [0.29, 0.717) is 23.9 Å². The number of aryl methyl sites for hydroxylation is 2. The smallest absolute Gasteiger partial charge is 0.264 e. The molecule has 1 atom stereocenters. The van der Waals surface area contributed by atoms with Gasteiger partial charge in [0.05, 0.1) is 41.3 Å². The molecule has 2 aromatic carbocycles. The van der Waals surface area contributed by atoms with Crippen molar-refractivity contribution in [3.8, 4) is 17.1 Å². The Labute approximate surface area is 289 Å². The van der Waals surface area contributed by atoms with Gasteiger partial charge in [-0.3, -0.25) is 9.78 Å². The van der Waals surface area contributed by atoms with Crippen molar-refractivity contribution in [3.63, 3.8) is 0 Å². The number of ether oxygens (including phenoxy) is 1. The number of sulfonamides is 1. The largest absolute Gasteiger partial charge is 0.475 e. The monoisotopic (exact) mass is 683 g/mol. The predicted octanol–water partition coefficient (Wildman–Crippen LogP) is 6.57. The average molecular weight is 684 g/mol. The van der Waals surface area contributed by atoms with E-state index in [2.05, 4.69) is 45.3 Å². The number of hydrogen-bond acceptors (Lipinski definition) is 9. The van der Waals surface area contributed by atoms with Gasteiger partial charge in [0.2, 0.25) is 11.8 Å². The molecule has 1 unspecified atom stereocenters. The van der Waals surface area contributed by atoms with E-state index in [4.69, 9.17) is 9.72 Å². The van der Waals surface area contributed by atoms with E-state index in [1.807, 2.05) is 39.1 Å². The van der Waals surface area contributed by atoms with Crippen molar-refractivity contribution in [1.82, 2.24) is 24.8 Å². The Kier molecular flexibility index (Phi) is 9.61. The first-order valence-corrected chi connectivity index (χ1v) is 18.3. The maximum Gasteiger partial charge on any atom is 0.264 e. The van der Waals surface area contributed by atoms with Crippen LogP contribution in [0.2, 0.25) is 0 Å². The van der Waals surface area contributed by atoms with Gasteiger partial charge in [0.15, 0.2) is 0 Å². The lowest BCUT2D eigenvalue weighted by Gasteiger charge is -2.35. The average Bonchev–Trinajstić information content (AvgIpc) is 3.59. The van der Waals surface area contributed by atoms with Gasteiger partial charge in [-0.05, 0) is 67.9 Å². The van der Waals surface area contributed by atoms with Gasteiger partial charge in [0.25, 0.3) is 15.9 Å². The van der Waals surface area contributed by atoms with E-state index in [0.717, 1.165) is 35.3 Å². The molecular weight excluding hydrogens is 639 g/mol. The van der Waals surface area contributed by atoms with E-state index in [9.17, 15) is 13.2 Å². The molecule has 258 valence electrons. The Balaban J connectivity index is 1.45. The predicted molar refractivity (Wildman–Crippen MR) is 190 cm³/mol. The third-order valence-electron chi connectivity index (χ3n) is 9.27. The highest BCUT2D eigenvalue weighted by atomic mass is 32.2. The quantitative estimate of drug-likeness (QED) is 0.240. The van der Waals surface area contributed by atoms with Crippen molar-refractivity contribution in [3.05, 3.63) is 83.3 Å². The second-order valence-corrected chi connectivity index (χ2v) is 16.1. The molecule has 12 heteroatoms. The van der Waals surface area contributed by atoms with Crippen LogP contribution >= 0.6 is 0 Å². The summed E-state index contributed by atoms with van der Waals surface area (Å²) in [5.41, 5.74) is 4.03. The topological polar surface area (TPSA) is 131 Å². The number of amides is 1. The third kappa shape index (κ3) is 7.85. The van der Waals surface area contributed by atoms with E-state index >= 15 is 0 Å². The normalized spacial score (nSPS) is 18.1. The number of hydrogen-bond donors (Lipinski definition) is 1. The van der Waals surface area contributed by atoms with Crippen molar-refractivity contribution in [2.24, 2.45) is 5.41 Å². The maximum absolute atomic E-state index is 14.5. The number of aromatic nitrogens is 4. The molecule has 6 rings (SSSR count). The maximum atomic E-state index is 14.5. The molecule has 4 bridgehead atoms. The van der Waals surface area contributed by atoms with Crippen molar-refractivity contribution in [2.45, 2.75) is 90.2 Å². The molecule has 2 aliphatic rings. The number of carbonyl (C=O) groups excluding carboxylic acids is 1. The van der Waals surface area contributed by atoms with Crippen LogP contribution < -0.4 is 14.4 Å². The van der Waals surface area contributed by atoms with Crippen molar-refractivity contribution in [1.29, 1.82) is 0 Å². The molecule has 1 amide bonds.